The molecule has 2 N–H and O–H groups in total. The third kappa shape index (κ3) is 5.58. The Hall–Kier alpha value is -3.81. The summed E-state index contributed by atoms with van der Waals surface area (Å²) in [4.78, 5) is 23.7. The zero-order valence-electron chi connectivity index (χ0n) is 15.7. The number of esters is 1. The van der Waals surface area contributed by atoms with E-state index in [-0.39, 0.29) is 24.1 Å². The van der Waals surface area contributed by atoms with Crippen molar-refractivity contribution >= 4 is 29.2 Å². The number of amides is 1. The minimum absolute atomic E-state index is 0.0961. The van der Waals surface area contributed by atoms with Gasteiger partial charge in [0.15, 0.2) is 11.6 Å². The molecule has 7 nitrogen and oxygen atoms in total. The molecule has 148 valence electrons. The number of nitrogens with zero attached hydrogens (tertiary/aromatic N) is 2. The number of ether oxygens (including phenoxy) is 1. The molecule has 2 aromatic carbocycles. The average Bonchev–Trinajstić information content (AvgIpc) is 2.72. The fourth-order valence-corrected chi connectivity index (χ4v) is 2.52. The average molecular weight is 394 g/mol. The van der Waals surface area contributed by atoms with Gasteiger partial charge in [0, 0.05) is 5.69 Å². The molecule has 0 saturated heterocycles. The fourth-order valence-electron chi connectivity index (χ4n) is 2.52. The van der Waals surface area contributed by atoms with Crippen molar-refractivity contribution in [2.75, 3.05) is 17.2 Å². The number of carbonyl (C=O) groups is 2. The molecule has 0 spiro atoms. The van der Waals surface area contributed by atoms with Crippen molar-refractivity contribution in [2.24, 2.45) is 0 Å². The van der Waals surface area contributed by atoms with Crippen LogP contribution in [0.4, 0.5) is 21.7 Å². The van der Waals surface area contributed by atoms with E-state index in [1.165, 1.54) is 6.07 Å². The fraction of sp³-hybridized carbons (Fsp3) is 0.143. The minimum Gasteiger partial charge on any atom is -0.462 e. The predicted molar refractivity (Wildman–Crippen MR) is 106 cm³/mol. The molecular weight excluding hydrogens is 375 g/mol. The largest absolute Gasteiger partial charge is 0.462 e. The van der Waals surface area contributed by atoms with Gasteiger partial charge in [-0.3, -0.25) is 4.79 Å². The summed E-state index contributed by atoms with van der Waals surface area (Å²) in [6.45, 7) is 2.07. The van der Waals surface area contributed by atoms with E-state index in [0.29, 0.717) is 29.2 Å². The van der Waals surface area contributed by atoms with Crippen LogP contribution >= 0.6 is 0 Å². The number of hydrogen-bond donors (Lipinski definition) is 2. The minimum atomic E-state index is -0.428. The first-order valence-corrected chi connectivity index (χ1v) is 8.96. The van der Waals surface area contributed by atoms with Gasteiger partial charge in [0.2, 0.25) is 5.91 Å². The summed E-state index contributed by atoms with van der Waals surface area (Å²) in [5, 5.41) is 13.6. The molecule has 0 atom stereocenters. The highest BCUT2D eigenvalue weighted by Crippen LogP contribution is 2.16. The van der Waals surface area contributed by atoms with Gasteiger partial charge in [0.05, 0.1) is 18.6 Å². The molecule has 0 radical (unpaired) electrons. The molecule has 1 heterocycles. The molecule has 8 heteroatoms. The van der Waals surface area contributed by atoms with E-state index in [4.69, 9.17) is 4.74 Å². The van der Waals surface area contributed by atoms with Crippen LogP contribution in [0.3, 0.4) is 0 Å². The lowest BCUT2D eigenvalue weighted by molar-refractivity contribution is -0.115. The number of aromatic nitrogens is 2. The summed E-state index contributed by atoms with van der Waals surface area (Å²) < 4.78 is 18.6. The number of benzene rings is 2. The Kier molecular flexibility index (Phi) is 6.47. The maximum absolute atomic E-state index is 13.6. The second-order valence-electron chi connectivity index (χ2n) is 6.04. The van der Waals surface area contributed by atoms with Gasteiger partial charge in [-0.15, -0.1) is 10.2 Å². The SMILES string of the molecule is CCOC(=O)c1ccc(Nc2ccc(NC(=O)Cc3ccccc3F)nn2)cc1. The molecule has 1 amide bonds. The quantitative estimate of drug-likeness (QED) is 0.594. The topological polar surface area (TPSA) is 93.2 Å². The van der Waals surface area contributed by atoms with Gasteiger partial charge in [0.25, 0.3) is 0 Å². The summed E-state index contributed by atoms with van der Waals surface area (Å²) in [5.41, 5.74) is 1.47. The number of carbonyl (C=O) groups excluding carboxylic acids is 2. The van der Waals surface area contributed by atoms with E-state index in [1.54, 1.807) is 61.5 Å². The highest BCUT2D eigenvalue weighted by molar-refractivity contribution is 5.91. The molecule has 0 bridgehead atoms. The van der Waals surface area contributed by atoms with E-state index < -0.39 is 5.82 Å². The van der Waals surface area contributed by atoms with Crippen molar-refractivity contribution < 1.29 is 18.7 Å². The van der Waals surface area contributed by atoms with Gasteiger partial charge in [0.1, 0.15) is 5.82 Å². The monoisotopic (exact) mass is 394 g/mol. The van der Waals surface area contributed by atoms with Crippen molar-refractivity contribution in [1.29, 1.82) is 0 Å². The van der Waals surface area contributed by atoms with Crippen molar-refractivity contribution in [1.82, 2.24) is 10.2 Å². The Morgan fingerprint density at radius 2 is 1.66 bits per heavy atom. The zero-order chi connectivity index (χ0) is 20.6. The Morgan fingerprint density at radius 1 is 0.966 bits per heavy atom. The number of nitrogens with one attached hydrogen (secondary N) is 2. The van der Waals surface area contributed by atoms with Crippen LogP contribution in [0.25, 0.3) is 0 Å². The van der Waals surface area contributed by atoms with Crippen LogP contribution in [0, 0.1) is 5.82 Å². The van der Waals surface area contributed by atoms with Crippen LogP contribution in [0.2, 0.25) is 0 Å². The third-order valence-electron chi connectivity index (χ3n) is 3.91. The lowest BCUT2D eigenvalue weighted by Gasteiger charge is -2.08. The first-order chi connectivity index (χ1) is 14.0. The summed E-state index contributed by atoms with van der Waals surface area (Å²) >= 11 is 0. The maximum atomic E-state index is 13.6. The molecule has 0 aliphatic rings. The van der Waals surface area contributed by atoms with Crippen LogP contribution in [0.5, 0.6) is 0 Å². The Bertz CT molecular complexity index is 992. The van der Waals surface area contributed by atoms with Crippen LogP contribution in [-0.2, 0) is 16.0 Å². The Balaban J connectivity index is 1.56. The summed E-state index contributed by atoms with van der Waals surface area (Å²) in [6.07, 6.45) is -0.0961. The smallest absolute Gasteiger partial charge is 0.338 e. The van der Waals surface area contributed by atoms with E-state index in [1.807, 2.05) is 0 Å². The van der Waals surface area contributed by atoms with Gasteiger partial charge in [-0.2, -0.15) is 0 Å². The standard InChI is InChI=1S/C21H19FN4O3/c1-2-29-21(28)14-7-9-16(10-8-14)23-18-11-12-19(26-25-18)24-20(27)13-15-5-3-4-6-17(15)22/h3-12H,2,13H2,1H3,(H,23,25)(H,24,26,27). The number of hydrogen-bond acceptors (Lipinski definition) is 6. The first kappa shape index (κ1) is 19.9. The predicted octanol–water partition coefficient (Wildman–Crippen LogP) is 3.72. The van der Waals surface area contributed by atoms with Gasteiger partial charge < -0.3 is 15.4 Å². The van der Waals surface area contributed by atoms with Crippen molar-refractivity contribution in [3.05, 3.63) is 77.6 Å². The molecule has 0 aliphatic heterocycles. The van der Waals surface area contributed by atoms with E-state index in [2.05, 4.69) is 20.8 Å². The van der Waals surface area contributed by atoms with Crippen LogP contribution < -0.4 is 10.6 Å². The summed E-state index contributed by atoms with van der Waals surface area (Å²) in [7, 11) is 0. The van der Waals surface area contributed by atoms with E-state index in [9.17, 15) is 14.0 Å². The van der Waals surface area contributed by atoms with Gasteiger partial charge in [-0.1, -0.05) is 18.2 Å². The molecule has 0 saturated carbocycles. The van der Waals surface area contributed by atoms with E-state index >= 15 is 0 Å². The van der Waals surface area contributed by atoms with E-state index in [0.717, 1.165) is 0 Å². The van der Waals surface area contributed by atoms with Gasteiger partial charge in [-0.05, 0) is 55.0 Å². The van der Waals surface area contributed by atoms with Crippen molar-refractivity contribution in [3.63, 3.8) is 0 Å². The number of anilines is 3. The molecule has 0 aliphatic carbocycles. The molecule has 3 aromatic rings. The summed E-state index contributed by atoms with van der Waals surface area (Å²) in [6, 6.07) is 16.1. The lowest BCUT2D eigenvalue weighted by Crippen LogP contribution is -2.16. The van der Waals surface area contributed by atoms with Crippen molar-refractivity contribution in [3.8, 4) is 0 Å². The molecule has 1 aromatic heterocycles. The Labute approximate surface area is 166 Å². The molecule has 0 fully saturated rings. The third-order valence-corrected chi connectivity index (χ3v) is 3.91. The molecule has 29 heavy (non-hydrogen) atoms. The number of rotatable bonds is 7. The first-order valence-electron chi connectivity index (χ1n) is 8.96. The maximum Gasteiger partial charge on any atom is 0.338 e. The molecule has 0 unspecified atom stereocenters. The number of halogens is 1. The zero-order valence-corrected chi connectivity index (χ0v) is 15.7. The molecular formula is C21H19FN4O3. The Morgan fingerprint density at radius 3 is 2.31 bits per heavy atom. The second-order valence-corrected chi connectivity index (χ2v) is 6.04. The highest BCUT2D eigenvalue weighted by atomic mass is 19.1. The van der Waals surface area contributed by atoms with Crippen LogP contribution in [-0.4, -0.2) is 28.7 Å². The molecule has 3 rings (SSSR count). The van der Waals surface area contributed by atoms with Gasteiger partial charge >= 0.3 is 5.97 Å². The lowest BCUT2D eigenvalue weighted by atomic mass is 10.1. The van der Waals surface area contributed by atoms with Crippen LogP contribution in [0.15, 0.2) is 60.7 Å². The summed E-state index contributed by atoms with van der Waals surface area (Å²) in [5.74, 6) is -0.480. The normalized spacial score (nSPS) is 10.3. The van der Waals surface area contributed by atoms with Crippen LogP contribution in [0.1, 0.15) is 22.8 Å². The second kappa shape index (κ2) is 9.41. The van der Waals surface area contributed by atoms with Crippen molar-refractivity contribution in [2.45, 2.75) is 13.3 Å². The van der Waals surface area contributed by atoms with Gasteiger partial charge in [-0.25, -0.2) is 9.18 Å². The highest BCUT2D eigenvalue weighted by Gasteiger charge is 2.09.